The third-order valence-corrected chi connectivity index (χ3v) is 5.87. The van der Waals surface area contributed by atoms with E-state index in [4.69, 9.17) is 9.47 Å². The van der Waals surface area contributed by atoms with Gasteiger partial charge in [0.25, 0.3) is 0 Å². The van der Waals surface area contributed by atoms with Gasteiger partial charge in [0.15, 0.2) is 11.0 Å². The second kappa shape index (κ2) is 9.93. The van der Waals surface area contributed by atoms with Crippen LogP contribution in [-0.4, -0.2) is 64.2 Å². The molecule has 0 radical (unpaired) electrons. The van der Waals surface area contributed by atoms with E-state index in [9.17, 15) is 4.79 Å². The molecule has 0 bridgehead atoms. The number of nitrogens with zero attached hydrogens (tertiary/aromatic N) is 4. The minimum absolute atomic E-state index is 0.118. The van der Waals surface area contributed by atoms with Crippen LogP contribution in [0.3, 0.4) is 0 Å². The maximum atomic E-state index is 12.4. The van der Waals surface area contributed by atoms with Crippen molar-refractivity contribution in [1.82, 2.24) is 19.7 Å². The number of ether oxygens (including phenoxy) is 2. The van der Waals surface area contributed by atoms with E-state index in [0.29, 0.717) is 12.3 Å². The van der Waals surface area contributed by atoms with Gasteiger partial charge >= 0.3 is 0 Å². The Morgan fingerprint density at radius 2 is 2.04 bits per heavy atom. The van der Waals surface area contributed by atoms with Crippen LogP contribution >= 0.6 is 11.8 Å². The molecular weight excluding hydrogens is 376 g/mol. The van der Waals surface area contributed by atoms with Gasteiger partial charge in [-0.15, -0.1) is 10.2 Å². The van der Waals surface area contributed by atoms with Crippen molar-refractivity contribution in [2.75, 3.05) is 32.6 Å². The van der Waals surface area contributed by atoms with Crippen LogP contribution in [0, 0.1) is 0 Å². The summed E-state index contributed by atoms with van der Waals surface area (Å²) in [7, 11) is 1.65. The lowest BCUT2D eigenvalue weighted by atomic mass is 10.2. The summed E-state index contributed by atoms with van der Waals surface area (Å²) in [6, 6.07) is 7.78. The Hall–Kier alpha value is -2.06. The normalized spacial score (nSPS) is 16.3. The predicted octanol–water partition coefficient (Wildman–Crippen LogP) is 3.09. The van der Waals surface area contributed by atoms with E-state index >= 15 is 0 Å². The van der Waals surface area contributed by atoms with Crippen LogP contribution in [0.15, 0.2) is 29.4 Å². The summed E-state index contributed by atoms with van der Waals surface area (Å²) in [5, 5.41) is 9.55. The lowest BCUT2D eigenvalue weighted by molar-refractivity contribution is -0.127. The van der Waals surface area contributed by atoms with Crippen molar-refractivity contribution >= 4 is 17.7 Å². The van der Waals surface area contributed by atoms with E-state index in [0.717, 1.165) is 54.8 Å². The van der Waals surface area contributed by atoms with Gasteiger partial charge in [-0.3, -0.25) is 9.36 Å². The molecule has 0 aliphatic carbocycles. The zero-order valence-electron chi connectivity index (χ0n) is 16.8. The smallest absolute Gasteiger partial charge is 0.233 e. The molecule has 8 heteroatoms. The molecule has 1 atom stereocenters. The number of carbonyl (C=O) groups excluding carboxylic acids is 1. The number of aromatic nitrogens is 3. The molecule has 1 saturated heterocycles. The summed E-state index contributed by atoms with van der Waals surface area (Å²) in [6.07, 6.45) is 2.27. The molecule has 152 valence electrons. The standard InChI is InChI=1S/C20H28N4O3S/c1-4-23(5-2)18(25)14-28-20-22-21-19(15-8-10-16(26-3)11-9-15)24(20)13-17-7-6-12-27-17/h8-11,17H,4-7,12-14H2,1-3H3. The summed E-state index contributed by atoms with van der Waals surface area (Å²) in [4.78, 5) is 14.2. The van der Waals surface area contributed by atoms with Gasteiger partial charge in [0.2, 0.25) is 5.91 Å². The highest BCUT2D eigenvalue weighted by Crippen LogP contribution is 2.27. The van der Waals surface area contributed by atoms with Gasteiger partial charge in [0.1, 0.15) is 5.75 Å². The maximum Gasteiger partial charge on any atom is 0.233 e. The monoisotopic (exact) mass is 404 g/mol. The quantitative estimate of drug-likeness (QED) is 0.598. The van der Waals surface area contributed by atoms with Gasteiger partial charge in [-0.2, -0.15) is 0 Å². The summed E-state index contributed by atoms with van der Waals surface area (Å²) in [5.41, 5.74) is 0.966. The molecule has 7 nitrogen and oxygen atoms in total. The molecule has 1 aromatic heterocycles. The maximum absolute atomic E-state index is 12.4. The number of hydrogen-bond donors (Lipinski definition) is 0. The average molecular weight is 405 g/mol. The van der Waals surface area contributed by atoms with Gasteiger partial charge in [0.05, 0.1) is 25.5 Å². The van der Waals surface area contributed by atoms with Gasteiger partial charge in [-0.05, 0) is 51.0 Å². The molecule has 2 heterocycles. The first-order valence-corrected chi connectivity index (χ1v) is 10.7. The Labute approximate surface area is 170 Å². The number of methoxy groups -OCH3 is 1. The van der Waals surface area contributed by atoms with E-state index < -0.39 is 0 Å². The number of carbonyl (C=O) groups is 1. The zero-order chi connectivity index (χ0) is 19.9. The number of thioether (sulfide) groups is 1. The van der Waals surface area contributed by atoms with Crippen molar-refractivity contribution in [3.63, 3.8) is 0 Å². The second-order valence-electron chi connectivity index (χ2n) is 6.64. The Kier molecular flexibility index (Phi) is 7.33. The van der Waals surface area contributed by atoms with Gasteiger partial charge < -0.3 is 14.4 Å². The molecule has 1 aliphatic rings. The van der Waals surface area contributed by atoms with E-state index in [1.807, 2.05) is 43.0 Å². The Morgan fingerprint density at radius 1 is 1.29 bits per heavy atom. The van der Waals surface area contributed by atoms with Crippen molar-refractivity contribution in [2.45, 2.75) is 44.5 Å². The van der Waals surface area contributed by atoms with Gasteiger partial charge in [0, 0.05) is 25.3 Å². The fraction of sp³-hybridized carbons (Fsp3) is 0.550. The fourth-order valence-corrected chi connectivity index (χ4v) is 4.15. The minimum atomic E-state index is 0.118. The number of rotatable bonds is 9. The Morgan fingerprint density at radius 3 is 2.64 bits per heavy atom. The summed E-state index contributed by atoms with van der Waals surface area (Å²) in [5.74, 6) is 2.06. The first-order valence-electron chi connectivity index (χ1n) is 9.76. The topological polar surface area (TPSA) is 69.5 Å². The second-order valence-corrected chi connectivity index (χ2v) is 7.58. The largest absolute Gasteiger partial charge is 0.497 e. The van der Waals surface area contributed by atoms with E-state index in [1.165, 1.54) is 11.8 Å². The molecule has 28 heavy (non-hydrogen) atoms. The molecule has 1 unspecified atom stereocenters. The molecule has 0 saturated carbocycles. The van der Waals surface area contributed by atoms with Crippen LogP contribution < -0.4 is 4.74 Å². The van der Waals surface area contributed by atoms with Crippen LogP contribution in [0.4, 0.5) is 0 Å². The number of amides is 1. The third-order valence-electron chi connectivity index (χ3n) is 4.92. The van der Waals surface area contributed by atoms with Crippen molar-refractivity contribution < 1.29 is 14.3 Å². The highest BCUT2D eigenvalue weighted by Gasteiger charge is 2.22. The lowest BCUT2D eigenvalue weighted by Crippen LogP contribution is -2.32. The zero-order valence-corrected chi connectivity index (χ0v) is 17.6. The molecule has 1 fully saturated rings. The Balaban J connectivity index is 1.82. The average Bonchev–Trinajstić information content (AvgIpc) is 3.38. The van der Waals surface area contributed by atoms with Crippen molar-refractivity contribution in [1.29, 1.82) is 0 Å². The van der Waals surface area contributed by atoms with Crippen molar-refractivity contribution in [3.05, 3.63) is 24.3 Å². The first-order chi connectivity index (χ1) is 13.7. The van der Waals surface area contributed by atoms with Crippen LogP contribution in [-0.2, 0) is 16.1 Å². The molecule has 2 aromatic rings. The Bertz CT molecular complexity index is 768. The van der Waals surface area contributed by atoms with Crippen LogP contribution in [0.25, 0.3) is 11.4 Å². The number of hydrogen-bond acceptors (Lipinski definition) is 6. The third kappa shape index (κ3) is 4.86. The summed E-state index contributed by atoms with van der Waals surface area (Å²) >= 11 is 1.44. The van der Waals surface area contributed by atoms with Gasteiger partial charge in [-0.1, -0.05) is 11.8 Å². The van der Waals surface area contributed by atoms with Crippen LogP contribution in [0.1, 0.15) is 26.7 Å². The minimum Gasteiger partial charge on any atom is -0.497 e. The molecule has 1 amide bonds. The highest BCUT2D eigenvalue weighted by atomic mass is 32.2. The van der Waals surface area contributed by atoms with E-state index in [-0.39, 0.29) is 12.0 Å². The molecule has 3 rings (SSSR count). The molecule has 1 aromatic carbocycles. The van der Waals surface area contributed by atoms with Crippen molar-refractivity contribution in [2.24, 2.45) is 0 Å². The van der Waals surface area contributed by atoms with E-state index in [2.05, 4.69) is 14.8 Å². The van der Waals surface area contributed by atoms with E-state index in [1.54, 1.807) is 7.11 Å². The van der Waals surface area contributed by atoms with Crippen molar-refractivity contribution in [3.8, 4) is 17.1 Å². The molecular formula is C20H28N4O3S. The summed E-state index contributed by atoms with van der Waals surface area (Å²) in [6.45, 7) is 6.91. The van der Waals surface area contributed by atoms with Crippen LogP contribution in [0.2, 0.25) is 0 Å². The van der Waals surface area contributed by atoms with Crippen LogP contribution in [0.5, 0.6) is 5.75 Å². The molecule has 0 spiro atoms. The SMILES string of the molecule is CCN(CC)C(=O)CSc1nnc(-c2ccc(OC)cc2)n1CC1CCCO1. The fourth-order valence-electron chi connectivity index (χ4n) is 3.30. The molecule has 1 aliphatic heterocycles. The first kappa shape index (κ1) is 20.7. The molecule has 0 N–H and O–H groups in total. The summed E-state index contributed by atoms with van der Waals surface area (Å²) < 4.78 is 13.2. The number of benzene rings is 1. The highest BCUT2D eigenvalue weighted by molar-refractivity contribution is 7.99. The lowest BCUT2D eigenvalue weighted by Gasteiger charge is -2.18. The van der Waals surface area contributed by atoms with Gasteiger partial charge in [-0.25, -0.2) is 0 Å². The predicted molar refractivity (Wildman–Crippen MR) is 110 cm³/mol.